The average molecular weight is 484 g/mol. The lowest BCUT2D eigenvalue weighted by Crippen LogP contribution is -2.48. The van der Waals surface area contributed by atoms with Crippen molar-refractivity contribution in [2.24, 2.45) is 0 Å². The molecule has 0 saturated carbocycles. The Kier molecular flexibility index (Phi) is 5.77. The average Bonchev–Trinajstić information content (AvgIpc) is 2.61. The Bertz CT molecular complexity index is 945. The molecule has 1 aliphatic heterocycles. The van der Waals surface area contributed by atoms with E-state index in [-0.39, 0.29) is 22.5 Å². The van der Waals surface area contributed by atoms with Gasteiger partial charge in [0.05, 0.1) is 21.2 Å². The molecule has 0 bridgehead atoms. The number of hydrogen-bond acceptors (Lipinski definition) is 3. The Morgan fingerprint density at radius 3 is 2.22 bits per heavy atom. The summed E-state index contributed by atoms with van der Waals surface area (Å²) in [7, 11) is -4.04. The number of piperazine rings is 1. The van der Waals surface area contributed by atoms with E-state index < -0.39 is 21.8 Å². The monoisotopic (exact) mass is 482 g/mol. The first-order valence-corrected chi connectivity index (χ1v) is 10.6. The van der Waals surface area contributed by atoms with E-state index in [2.05, 4.69) is 15.9 Å². The fourth-order valence-corrected chi connectivity index (χ4v) is 5.30. The van der Waals surface area contributed by atoms with Gasteiger partial charge in [0, 0.05) is 30.7 Å². The molecular weight excluding hydrogens is 469 g/mol. The van der Waals surface area contributed by atoms with Crippen molar-refractivity contribution in [3.63, 3.8) is 0 Å². The first-order valence-electron chi connectivity index (χ1n) is 7.96. The second-order valence-electron chi connectivity index (χ2n) is 6.02. The standard InChI is InChI=1S/C17H15BrClF3N2O2S/c18-13-9-12(17(20,21)22)10-14(11-13)27(25,26)24-7-5-23(6-8-24)16-4-2-1-3-15(16)19/h1-4,9-11H,5-8H2. The van der Waals surface area contributed by atoms with E-state index >= 15 is 0 Å². The molecule has 0 radical (unpaired) electrons. The van der Waals surface area contributed by atoms with Crippen molar-refractivity contribution in [2.45, 2.75) is 11.1 Å². The largest absolute Gasteiger partial charge is 0.416 e. The summed E-state index contributed by atoms with van der Waals surface area (Å²) in [6.07, 6.45) is -4.63. The van der Waals surface area contributed by atoms with Gasteiger partial charge in [-0.05, 0) is 30.3 Å². The molecule has 0 spiro atoms. The Hall–Kier alpha value is -1.29. The maximum absolute atomic E-state index is 13.0. The number of rotatable bonds is 3. The molecule has 1 saturated heterocycles. The van der Waals surface area contributed by atoms with Crippen LogP contribution in [0.25, 0.3) is 0 Å². The molecular formula is C17H15BrClF3N2O2S. The van der Waals surface area contributed by atoms with Crippen molar-refractivity contribution < 1.29 is 21.6 Å². The maximum atomic E-state index is 13.0. The molecule has 3 rings (SSSR count). The first kappa shape index (κ1) is 20.4. The normalized spacial score (nSPS) is 16.6. The third-order valence-corrected chi connectivity index (χ3v) is 6.92. The number of sulfonamides is 1. The molecule has 2 aromatic rings. The van der Waals surface area contributed by atoms with Gasteiger partial charge >= 0.3 is 6.18 Å². The summed E-state index contributed by atoms with van der Waals surface area (Å²) in [5, 5.41) is 0.565. The smallest absolute Gasteiger partial charge is 0.368 e. The highest BCUT2D eigenvalue weighted by Crippen LogP contribution is 2.34. The van der Waals surface area contributed by atoms with Crippen LogP contribution in [0.3, 0.4) is 0 Å². The zero-order chi connectivity index (χ0) is 19.8. The van der Waals surface area contributed by atoms with Crippen molar-refractivity contribution in [1.82, 2.24) is 4.31 Å². The fraction of sp³-hybridized carbons (Fsp3) is 0.294. The van der Waals surface area contributed by atoms with Crippen LogP contribution in [0.4, 0.5) is 18.9 Å². The number of hydrogen-bond donors (Lipinski definition) is 0. The van der Waals surface area contributed by atoms with Gasteiger partial charge in [-0.3, -0.25) is 0 Å². The highest BCUT2D eigenvalue weighted by molar-refractivity contribution is 9.10. The molecule has 1 aliphatic rings. The molecule has 4 nitrogen and oxygen atoms in total. The van der Waals surface area contributed by atoms with E-state index in [1.165, 1.54) is 10.4 Å². The summed E-state index contributed by atoms with van der Waals surface area (Å²) < 4.78 is 65.9. The molecule has 1 heterocycles. The van der Waals surface area contributed by atoms with Gasteiger partial charge in [-0.15, -0.1) is 0 Å². The maximum Gasteiger partial charge on any atom is 0.416 e. The van der Waals surface area contributed by atoms with E-state index in [1.807, 2.05) is 17.0 Å². The van der Waals surface area contributed by atoms with Gasteiger partial charge in [-0.25, -0.2) is 8.42 Å². The minimum atomic E-state index is -4.63. The Morgan fingerprint density at radius 2 is 1.63 bits per heavy atom. The van der Waals surface area contributed by atoms with Crippen LogP contribution in [0, 0.1) is 0 Å². The Morgan fingerprint density at radius 1 is 1.00 bits per heavy atom. The third kappa shape index (κ3) is 4.42. The van der Waals surface area contributed by atoms with Crippen molar-refractivity contribution in [2.75, 3.05) is 31.1 Å². The Labute approximate surface area is 168 Å². The van der Waals surface area contributed by atoms with E-state index in [1.54, 1.807) is 12.1 Å². The number of halogens is 5. The van der Waals surface area contributed by atoms with Crippen LogP contribution in [0.2, 0.25) is 5.02 Å². The molecule has 27 heavy (non-hydrogen) atoms. The number of alkyl halides is 3. The fourth-order valence-electron chi connectivity index (χ4n) is 2.90. The van der Waals surface area contributed by atoms with Gasteiger partial charge in [-0.1, -0.05) is 39.7 Å². The van der Waals surface area contributed by atoms with Gasteiger partial charge in [0.15, 0.2) is 0 Å². The zero-order valence-corrected chi connectivity index (χ0v) is 17.0. The topological polar surface area (TPSA) is 40.6 Å². The van der Waals surface area contributed by atoms with Gasteiger partial charge in [0.25, 0.3) is 0 Å². The van der Waals surface area contributed by atoms with Crippen LogP contribution in [-0.4, -0.2) is 38.9 Å². The van der Waals surface area contributed by atoms with Crippen molar-refractivity contribution in [1.29, 1.82) is 0 Å². The quantitative estimate of drug-likeness (QED) is 0.639. The van der Waals surface area contributed by atoms with Crippen LogP contribution in [0.1, 0.15) is 5.56 Å². The van der Waals surface area contributed by atoms with E-state index in [0.717, 1.165) is 11.8 Å². The van der Waals surface area contributed by atoms with Crippen LogP contribution in [0.15, 0.2) is 51.8 Å². The molecule has 0 amide bonds. The predicted molar refractivity (Wildman–Crippen MR) is 102 cm³/mol. The summed E-state index contributed by atoms with van der Waals surface area (Å²) in [4.78, 5) is 1.58. The first-order chi connectivity index (χ1) is 12.6. The second kappa shape index (κ2) is 7.62. The number of anilines is 1. The van der Waals surface area contributed by atoms with Crippen LogP contribution < -0.4 is 4.90 Å². The lowest BCUT2D eigenvalue weighted by molar-refractivity contribution is -0.137. The molecule has 0 atom stereocenters. The molecule has 0 aliphatic carbocycles. The molecule has 0 aromatic heterocycles. The molecule has 10 heteroatoms. The van der Waals surface area contributed by atoms with Crippen LogP contribution in [-0.2, 0) is 16.2 Å². The summed E-state index contributed by atoms with van der Waals surface area (Å²) in [5.41, 5.74) is -0.205. The van der Waals surface area contributed by atoms with E-state index in [0.29, 0.717) is 24.2 Å². The number of benzene rings is 2. The minimum Gasteiger partial charge on any atom is -0.368 e. The third-order valence-electron chi connectivity index (χ3n) is 4.27. The summed E-state index contributed by atoms with van der Waals surface area (Å²) in [6.45, 7) is 1.09. The van der Waals surface area contributed by atoms with Gasteiger partial charge in [0.1, 0.15) is 0 Å². The van der Waals surface area contributed by atoms with Gasteiger partial charge in [-0.2, -0.15) is 17.5 Å². The van der Waals surface area contributed by atoms with Crippen LogP contribution >= 0.6 is 27.5 Å². The molecule has 0 unspecified atom stereocenters. The van der Waals surface area contributed by atoms with Gasteiger partial charge in [0.2, 0.25) is 10.0 Å². The van der Waals surface area contributed by atoms with Crippen molar-refractivity contribution >= 4 is 43.2 Å². The zero-order valence-electron chi connectivity index (χ0n) is 13.9. The van der Waals surface area contributed by atoms with E-state index in [4.69, 9.17) is 11.6 Å². The number of para-hydroxylation sites is 1. The molecule has 0 N–H and O–H groups in total. The second-order valence-corrected chi connectivity index (χ2v) is 9.28. The summed E-state index contributed by atoms with van der Waals surface area (Å²) in [6, 6.07) is 9.94. The predicted octanol–water partition coefficient (Wildman–Crippen LogP) is 4.63. The highest BCUT2D eigenvalue weighted by atomic mass is 79.9. The van der Waals surface area contributed by atoms with Crippen molar-refractivity contribution in [3.05, 3.63) is 57.5 Å². The molecule has 2 aromatic carbocycles. The minimum absolute atomic E-state index is 0.0607. The number of nitrogens with zero attached hydrogens (tertiary/aromatic N) is 2. The molecule has 1 fully saturated rings. The lowest BCUT2D eigenvalue weighted by atomic mass is 10.2. The van der Waals surface area contributed by atoms with Gasteiger partial charge < -0.3 is 4.90 Å². The summed E-state index contributed by atoms with van der Waals surface area (Å²) in [5.74, 6) is 0. The Balaban J connectivity index is 1.82. The SMILES string of the molecule is O=S(=O)(c1cc(Br)cc(C(F)(F)F)c1)N1CCN(c2ccccc2Cl)CC1. The highest BCUT2D eigenvalue weighted by Gasteiger charge is 2.34. The van der Waals surface area contributed by atoms with Crippen LogP contribution in [0.5, 0.6) is 0 Å². The van der Waals surface area contributed by atoms with E-state index in [9.17, 15) is 21.6 Å². The molecule has 146 valence electrons. The lowest BCUT2D eigenvalue weighted by Gasteiger charge is -2.35. The summed E-state index contributed by atoms with van der Waals surface area (Å²) >= 11 is 9.14. The van der Waals surface area contributed by atoms with Crippen molar-refractivity contribution in [3.8, 4) is 0 Å².